The van der Waals surface area contributed by atoms with Crippen LogP contribution in [0.25, 0.3) is 5.57 Å². The normalized spacial score (nSPS) is 16.3. The Hall–Kier alpha value is -2.49. The number of carbonyl (C=O) groups excluding carboxylic acids is 1. The molecule has 3 nitrogen and oxygen atoms in total. The molecule has 0 atom stereocenters. The molecule has 144 valence electrons. The lowest BCUT2D eigenvalue weighted by molar-refractivity contribution is -0.135. The van der Waals surface area contributed by atoms with Gasteiger partial charge in [0.25, 0.3) is 0 Å². The summed E-state index contributed by atoms with van der Waals surface area (Å²) in [5.74, 6) is 0.745. The van der Waals surface area contributed by atoms with Crippen molar-refractivity contribution in [3.05, 3.63) is 99.4 Å². The Labute approximate surface area is 174 Å². The molecular weight excluding hydrogens is 395 g/mol. The summed E-state index contributed by atoms with van der Waals surface area (Å²) in [5, 5.41) is 1.33. The molecule has 0 amide bonds. The van der Waals surface area contributed by atoms with Crippen LogP contribution in [0.1, 0.15) is 25.0 Å². The van der Waals surface area contributed by atoms with E-state index >= 15 is 0 Å². The maximum absolute atomic E-state index is 11.6. The molecule has 0 bridgehead atoms. The van der Waals surface area contributed by atoms with Crippen LogP contribution in [0, 0.1) is 5.41 Å². The minimum absolute atomic E-state index is 0.425. The van der Waals surface area contributed by atoms with Crippen LogP contribution < -0.4 is 0 Å². The number of carbonyl (C=O) groups is 1. The van der Waals surface area contributed by atoms with Crippen molar-refractivity contribution in [2.45, 2.75) is 13.8 Å². The van der Waals surface area contributed by atoms with E-state index in [1.165, 1.54) is 13.2 Å². The zero-order valence-electron chi connectivity index (χ0n) is 15.8. The van der Waals surface area contributed by atoms with E-state index in [-0.39, 0.29) is 0 Å². The topological polar surface area (TPSA) is 35.5 Å². The van der Waals surface area contributed by atoms with Gasteiger partial charge >= 0.3 is 5.97 Å². The van der Waals surface area contributed by atoms with Crippen molar-refractivity contribution in [2.75, 3.05) is 7.11 Å². The summed E-state index contributed by atoms with van der Waals surface area (Å²) < 4.78 is 10.7. The first kappa shape index (κ1) is 20.2. The second-order valence-electron chi connectivity index (χ2n) is 6.97. The number of methoxy groups -OCH3 is 1. The molecule has 0 saturated carbocycles. The predicted octanol–water partition coefficient (Wildman–Crippen LogP) is 6.42. The Balaban J connectivity index is 2.04. The Morgan fingerprint density at radius 2 is 1.46 bits per heavy atom. The molecule has 0 spiro atoms. The molecule has 0 aromatic heterocycles. The number of hydrogen-bond donors (Lipinski definition) is 0. The highest BCUT2D eigenvalue weighted by molar-refractivity contribution is 6.31. The SMILES string of the molecule is COC(=O)/C=C1\OC(C=C(c2ccc(Cl)cc2)c2ccc(Cl)cc2)=CC1(C)C. The minimum atomic E-state index is -0.447. The van der Waals surface area contributed by atoms with Gasteiger partial charge in [0.2, 0.25) is 0 Å². The van der Waals surface area contributed by atoms with Gasteiger partial charge in [0.05, 0.1) is 13.2 Å². The highest BCUT2D eigenvalue weighted by atomic mass is 35.5. The van der Waals surface area contributed by atoms with Gasteiger partial charge in [-0.1, -0.05) is 47.5 Å². The van der Waals surface area contributed by atoms with Crippen molar-refractivity contribution in [1.29, 1.82) is 0 Å². The van der Waals surface area contributed by atoms with Gasteiger partial charge in [0.15, 0.2) is 0 Å². The van der Waals surface area contributed by atoms with E-state index < -0.39 is 11.4 Å². The maximum Gasteiger partial charge on any atom is 0.333 e. The third-order valence-corrected chi connectivity index (χ3v) is 4.92. The van der Waals surface area contributed by atoms with E-state index in [9.17, 15) is 4.79 Å². The highest BCUT2D eigenvalue weighted by Crippen LogP contribution is 2.40. The summed E-state index contributed by atoms with van der Waals surface area (Å²) in [5.41, 5.74) is 2.50. The summed E-state index contributed by atoms with van der Waals surface area (Å²) in [6, 6.07) is 15.2. The lowest BCUT2D eigenvalue weighted by Crippen LogP contribution is -2.10. The quantitative estimate of drug-likeness (QED) is 0.427. The monoisotopic (exact) mass is 414 g/mol. The molecule has 28 heavy (non-hydrogen) atoms. The predicted molar refractivity (Wildman–Crippen MR) is 113 cm³/mol. The molecule has 2 aromatic rings. The second kappa shape index (κ2) is 8.26. The summed E-state index contributed by atoms with van der Waals surface area (Å²) in [6.07, 6.45) is 5.31. The molecule has 0 aliphatic carbocycles. The number of allylic oxidation sites excluding steroid dienone is 2. The van der Waals surface area contributed by atoms with E-state index in [1.807, 2.05) is 74.5 Å². The Morgan fingerprint density at radius 3 is 1.93 bits per heavy atom. The molecule has 2 aromatic carbocycles. The number of hydrogen-bond acceptors (Lipinski definition) is 3. The van der Waals surface area contributed by atoms with Gasteiger partial charge in [-0.15, -0.1) is 0 Å². The van der Waals surface area contributed by atoms with E-state index in [2.05, 4.69) is 0 Å². The molecule has 5 heteroatoms. The summed E-state index contributed by atoms with van der Waals surface area (Å²) in [6.45, 7) is 3.96. The van der Waals surface area contributed by atoms with Crippen LogP contribution in [0.2, 0.25) is 10.0 Å². The Morgan fingerprint density at radius 1 is 0.964 bits per heavy atom. The molecule has 1 heterocycles. The first-order valence-corrected chi connectivity index (χ1v) is 9.48. The van der Waals surface area contributed by atoms with Gasteiger partial charge in [-0.25, -0.2) is 4.79 Å². The minimum Gasteiger partial charge on any atom is -0.466 e. The van der Waals surface area contributed by atoms with Crippen molar-refractivity contribution in [3.8, 4) is 0 Å². The van der Waals surface area contributed by atoms with Crippen LogP contribution in [0.3, 0.4) is 0 Å². The molecular formula is C23H20Cl2O3. The molecule has 1 aliphatic heterocycles. The molecule has 0 unspecified atom stereocenters. The zero-order chi connectivity index (χ0) is 20.3. The van der Waals surface area contributed by atoms with Crippen molar-refractivity contribution >= 4 is 34.7 Å². The van der Waals surface area contributed by atoms with Crippen LogP contribution in [0.5, 0.6) is 0 Å². The molecule has 0 fully saturated rings. The van der Waals surface area contributed by atoms with Crippen LogP contribution in [0.4, 0.5) is 0 Å². The molecule has 0 saturated heterocycles. The smallest absolute Gasteiger partial charge is 0.333 e. The van der Waals surface area contributed by atoms with Crippen molar-refractivity contribution < 1.29 is 14.3 Å². The van der Waals surface area contributed by atoms with E-state index in [0.29, 0.717) is 21.6 Å². The standard InChI is InChI=1S/C23H20Cl2O3/c1-23(2)14-19(28-21(23)13-22(26)27-3)12-20(15-4-8-17(24)9-5-15)16-6-10-18(25)11-7-16/h4-14H,1-3H3/b21-13-. The van der Waals surface area contributed by atoms with Gasteiger partial charge in [-0.2, -0.15) is 0 Å². The first-order chi connectivity index (χ1) is 13.3. The van der Waals surface area contributed by atoms with Gasteiger partial charge in [-0.05, 0) is 67.0 Å². The number of benzene rings is 2. The number of rotatable bonds is 4. The largest absolute Gasteiger partial charge is 0.466 e. The van der Waals surface area contributed by atoms with E-state index in [4.69, 9.17) is 32.7 Å². The lowest BCUT2D eigenvalue weighted by atomic mass is 9.91. The third kappa shape index (κ3) is 4.67. The van der Waals surface area contributed by atoms with Crippen molar-refractivity contribution in [2.24, 2.45) is 5.41 Å². The highest BCUT2D eigenvalue weighted by Gasteiger charge is 2.31. The molecule has 1 aliphatic rings. The van der Waals surface area contributed by atoms with Crippen molar-refractivity contribution in [3.63, 3.8) is 0 Å². The fourth-order valence-electron chi connectivity index (χ4n) is 2.90. The van der Waals surface area contributed by atoms with Gasteiger partial charge < -0.3 is 9.47 Å². The lowest BCUT2D eigenvalue weighted by Gasteiger charge is -2.15. The third-order valence-electron chi connectivity index (χ3n) is 4.41. The van der Waals surface area contributed by atoms with Gasteiger partial charge in [0, 0.05) is 15.5 Å². The average molecular weight is 415 g/mol. The Bertz CT molecular complexity index is 918. The number of esters is 1. The Kier molecular flexibility index (Phi) is 5.97. The second-order valence-corrected chi connectivity index (χ2v) is 7.85. The summed E-state index contributed by atoms with van der Waals surface area (Å²) >= 11 is 12.1. The maximum atomic E-state index is 11.6. The number of ether oxygens (including phenoxy) is 2. The number of halogens is 2. The first-order valence-electron chi connectivity index (χ1n) is 8.73. The summed E-state index contributed by atoms with van der Waals surface area (Å²) in [4.78, 5) is 11.6. The van der Waals surface area contributed by atoms with Gasteiger partial charge in [0.1, 0.15) is 11.5 Å². The average Bonchev–Trinajstić information content (AvgIpc) is 2.94. The molecule has 0 radical (unpaired) electrons. The van der Waals surface area contributed by atoms with Crippen molar-refractivity contribution in [1.82, 2.24) is 0 Å². The van der Waals surface area contributed by atoms with E-state index in [1.54, 1.807) is 0 Å². The fraction of sp³-hybridized carbons (Fsp3) is 0.174. The molecule has 3 rings (SSSR count). The van der Waals surface area contributed by atoms with Gasteiger partial charge in [-0.3, -0.25) is 0 Å². The van der Waals surface area contributed by atoms with Crippen LogP contribution in [-0.2, 0) is 14.3 Å². The molecule has 0 N–H and O–H groups in total. The fourth-order valence-corrected chi connectivity index (χ4v) is 3.15. The van der Waals surface area contributed by atoms with Crippen LogP contribution in [-0.4, -0.2) is 13.1 Å². The summed E-state index contributed by atoms with van der Waals surface area (Å²) in [7, 11) is 1.34. The van der Waals surface area contributed by atoms with E-state index in [0.717, 1.165) is 16.7 Å². The van der Waals surface area contributed by atoms with Crippen LogP contribution >= 0.6 is 23.2 Å². The van der Waals surface area contributed by atoms with Crippen LogP contribution in [0.15, 0.2) is 78.3 Å². The zero-order valence-corrected chi connectivity index (χ0v) is 17.3.